The third kappa shape index (κ3) is 2.85. The first-order valence-electron chi connectivity index (χ1n) is 4.02. The molecule has 1 aromatic heterocycles. The molecule has 0 saturated carbocycles. The Hall–Kier alpha value is -1.91. The minimum Gasteiger partial charge on any atom is -0.478 e. The van der Waals surface area contributed by atoms with Crippen LogP contribution in [0.15, 0.2) is 34.8 Å². The Kier molecular flexibility index (Phi) is 3.17. The molecule has 0 amide bonds. The lowest BCUT2D eigenvalue weighted by Crippen LogP contribution is -2.21. The number of carboxylic acids is 1. The number of carboxylic acid groups (broad SMARTS) is 1. The second-order valence-electron chi connectivity index (χ2n) is 2.85. The van der Waals surface area contributed by atoms with E-state index in [1.165, 1.54) is 23.0 Å². The van der Waals surface area contributed by atoms with Gasteiger partial charge in [-0.3, -0.25) is 4.79 Å². The molecule has 1 rings (SSSR count). The molecule has 14 heavy (non-hydrogen) atoms. The minimum absolute atomic E-state index is 0.200. The molecule has 0 aromatic carbocycles. The molecule has 0 bridgehead atoms. The van der Waals surface area contributed by atoms with Gasteiger partial charge < -0.3 is 5.11 Å². The maximum absolute atomic E-state index is 11.2. The molecule has 0 saturated heterocycles. The quantitative estimate of drug-likeness (QED) is 0.701. The highest BCUT2D eigenvalue weighted by atomic mass is 16.4. The maximum Gasteiger partial charge on any atom is 0.328 e. The second-order valence-corrected chi connectivity index (χ2v) is 2.85. The van der Waals surface area contributed by atoms with E-state index in [0.717, 1.165) is 6.08 Å². The molecule has 0 aliphatic rings. The highest BCUT2D eigenvalue weighted by Crippen LogP contribution is 1.94. The molecule has 1 heterocycles. The molecule has 1 N–H and O–H groups in total. The van der Waals surface area contributed by atoms with E-state index in [2.05, 4.69) is 5.10 Å². The van der Waals surface area contributed by atoms with E-state index < -0.39 is 5.97 Å². The zero-order valence-corrected chi connectivity index (χ0v) is 7.67. The summed E-state index contributed by atoms with van der Waals surface area (Å²) in [6.07, 6.45) is 2.54. The monoisotopic (exact) mass is 194 g/mol. The van der Waals surface area contributed by atoms with Crippen LogP contribution in [0.2, 0.25) is 0 Å². The fourth-order valence-electron chi connectivity index (χ4n) is 0.999. The molecular formula is C9H10N2O3. The van der Waals surface area contributed by atoms with Crippen LogP contribution in [0, 0.1) is 0 Å². The van der Waals surface area contributed by atoms with Gasteiger partial charge in [0.2, 0.25) is 0 Å². The Morgan fingerprint density at radius 1 is 1.71 bits per heavy atom. The molecular weight excluding hydrogens is 184 g/mol. The van der Waals surface area contributed by atoms with Crippen LogP contribution in [0.1, 0.15) is 6.92 Å². The van der Waals surface area contributed by atoms with Gasteiger partial charge in [-0.25, -0.2) is 9.48 Å². The average Bonchev–Trinajstić information content (AvgIpc) is 2.07. The second kappa shape index (κ2) is 4.36. The highest BCUT2D eigenvalue weighted by Gasteiger charge is 1.98. The number of hydrogen-bond donors (Lipinski definition) is 1. The highest BCUT2D eigenvalue weighted by molar-refractivity contribution is 5.80. The summed E-state index contributed by atoms with van der Waals surface area (Å²) in [6, 6.07) is 2.91. The number of allylic oxidation sites excluding steroid dienone is 1. The number of aromatic nitrogens is 2. The molecule has 5 nitrogen and oxygen atoms in total. The van der Waals surface area contributed by atoms with Crippen molar-refractivity contribution in [1.82, 2.24) is 9.78 Å². The fourth-order valence-corrected chi connectivity index (χ4v) is 0.999. The largest absolute Gasteiger partial charge is 0.478 e. The number of rotatable bonds is 3. The lowest BCUT2D eigenvalue weighted by molar-refractivity contribution is -0.131. The van der Waals surface area contributed by atoms with E-state index in [0.29, 0.717) is 5.57 Å². The van der Waals surface area contributed by atoms with Gasteiger partial charge in [0.05, 0.1) is 6.54 Å². The summed E-state index contributed by atoms with van der Waals surface area (Å²) < 4.78 is 1.20. The maximum atomic E-state index is 11.2. The Bertz CT molecular complexity index is 420. The summed E-state index contributed by atoms with van der Waals surface area (Å²) >= 11 is 0. The van der Waals surface area contributed by atoms with Crippen LogP contribution in [0.3, 0.4) is 0 Å². The van der Waals surface area contributed by atoms with Crippen molar-refractivity contribution >= 4 is 5.97 Å². The van der Waals surface area contributed by atoms with Crippen molar-refractivity contribution in [3.63, 3.8) is 0 Å². The van der Waals surface area contributed by atoms with Crippen molar-refractivity contribution in [2.45, 2.75) is 13.5 Å². The lowest BCUT2D eigenvalue weighted by Gasteiger charge is -2.02. The summed E-state index contributed by atoms with van der Waals surface area (Å²) in [4.78, 5) is 21.5. The van der Waals surface area contributed by atoms with Crippen LogP contribution in [-0.4, -0.2) is 20.9 Å². The molecule has 0 unspecified atom stereocenters. The van der Waals surface area contributed by atoms with E-state index in [9.17, 15) is 9.59 Å². The SMILES string of the molecule is C/C(=C/C(=O)O)Cn1ncccc1=O. The van der Waals surface area contributed by atoms with E-state index >= 15 is 0 Å². The minimum atomic E-state index is -1.02. The summed E-state index contributed by atoms with van der Waals surface area (Å²) in [5.74, 6) is -1.02. The molecule has 5 heteroatoms. The van der Waals surface area contributed by atoms with Gasteiger partial charge in [-0.05, 0) is 18.6 Å². The molecule has 0 radical (unpaired) electrons. The van der Waals surface area contributed by atoms with Gasteiger partial charge in [0.25, 0.3) is 5.56 Å². The summed E-state index contributed by atoms with van der Waals surface area (Å²) in [7, 11) is 0. The van der Waals surface area contributed by atoms with Crippen LogP contribution in [0.5, 0.6) is 0 Å². The molecule has 0 atom stereocenters. The van der Waals surface area contributed by atoms with Gasteiger partial charge in [-0.15, -0.1) is 0 Å². The molecule has 0 fully saturated rings. The van der Waals surface area contributed by atoms with Gasteiger partial charge in [0.1, 0.15) is 0 Å². The topological polar surface area (TPSA) is 72.2 Å². The van der Waals surface area contributed by atoms with Crippen molar-refractivity contribution in [3.05, 3.63) is 40.3 Å². The van der Waals surface area contributed by atoms with Crippen molar-refractivity contribution in [1.29, 1.82) is 0 Å². The summed E-state index contributed by atoms with van der Waals surface area (Å²) in [6.45, 7) is 1.83. The number of hydrogen-bond acceptors (Lipinski definition) is 3. The zero-order chi connectivity index (χ0) is 10.6. The predicted octanol–water partition coefficient (Wildman–Crippen LogP) is 0.274. The lowest BCUT2D eigenvalue weighted by atomic mass is 10.3. The van der Waals surface area contributed by atoms with E-state index in [1.54, 1.807) is 6.92 Å². The van der Waals surface area contributed by atoms with Crippen molar-refractivity contribution < 1.29 is 9.90 Å². The van der Waals surface area contributed by atoms with Crippen LogP contribution >= 0.6 is 0 Å². The number of aliphatic carboxylic acids is 1. The normalized spacial score (nSPS) is 11.4. The third-order valence-corrected chi connectivity index (χ3v) is 1.55. The first-order chi connectivity index (χ1) is 6.59. The summed E-state index contributed by atoms with van der Waals surface area (Å²) in [5.41, 5.74) is 0.323. The Morgan fingerprint density at radius 2 is 2.43 bits per heavy atom. The van der Waals surface area contributed by atoms with Crippen molar-refractivity contribution in [2.24, 2.45) is 0 Å². The Balaban J connectivity index is 2.85. The predicted molar refractivity (Wildman–Crippen MR) is 49.9 cm³/mol. The molecule has 1 aromatic rings. The standard InChI is InChI=1S/C9H10N2O3/c1-7(5-9(13)14)6-11-8(12)3-2-4-10-11/h2-5H,6H2,1H3,(H,13,14)/b7-5-. The van der Waals surface area contributed by atoms with E-state index in [4.69, 9.17) is 5.11 Å². The first kappa shape index (κ1) is 10.2. The number of nitrogens with zero attached hydrogens (tertiary/aromatic N) is 2. The summed E-state index contributed by atoms with van der Waals surface area (Å²) in [5, 5.41) is 12.2. The molecule has 0 aliphatic heterocycles. The first-order valence-corrected chi connectivity index (χ1v) is 4.02. The molecule has 74 valence electrons. The van der Waals surface area contributed by atoms with Crippen LogP contribution in [0.25, 0.3) is 0 Å². The fraction of sp³-hybridized carbons (Fsp3) is 0.222. The van der Waals surface area contributed by atoms with E-state index in [-0.39, 0.29) is 12.1 Å². The Labute approximate surface area is 80.3 Å². The average molecular weight is 194 g/mol. The zero-order valence-electron chi connectivity index (χ0n) is 7.67. The Morgan fingerprint density at radius 3 is 3.00 bits per heavy atom. The van der Waals surface area contributed by atoms with Crippen molar-refractivity contribution in [3.8, 4) is 0 Å². The molecule has 0 aliphatic carbocycles. The van der Waals surface area contributed by atoms with Crippen LogP contribution in [0.4, 0.5) is 0 Å². The van der Waals surface area contributed by atoms with Gasteiger partial charge >= 0.3 is 5.97 Å². The number of carbonyl (C=O) groups is 1. The van der Waals surface area contributed by atoms with Gasteiger partial charge in [-0.1, -0.05) is 0 Å². The van der Waals surface area contributed by atoms with Crippen molar-refractivity contribution in [2.75, 3.05) is 0 Å². The third-order valence-electron chi connectivity index (χ3n) is 1.55. The van der Waals surface area contributed by atoms with Gasteiger partial charge in [0, 0.05) is 18.3 Å². The van der Waals surface area contributed by atoms with Crippen LogP contribution in [-0.2, 0) is 11.3 Å². The van der Waals surface area contributed by atoms with Gasteiger partial charge in [0.15, 0.2) is 0 Å². The van der Waals surface area contributed by atoms with Crippen LogP contribution < -0.4 is 5.56 Å². The van der Waals surface area contributed by atoms with Gasteiger partial charge in [-0.2, -0.15) is 5.10 Å². The molecule has 0 spiro atoms. The van der Waals surface area contributed by atoms with E-state index in [1.807, 2.05) is 0 Å². The smallest absolute Gasteiger partial charge is 0.328 e.